The fourth-order valence-corrected chi connectivity index (χ4v) is 0.990. The van der Waals surface area contributed by atoms with Crippen molar-refractivity contribution < 1.29 is 9.90 Å². The zero-order valence-electron chi connectivity index (χ0n) is 6.54. The van der Waals surface area contributed by atoms with E-state index in [1.807, 2.05) is 5.92 Å². The number of benzene rings is 1. The Hall–Kier alpha value is -1.66. The quantitative estimate of drug-likeness (QED) is 0.485. The Morgan fingerprint density at radius 1 is 1.54 bits per heavy atom. The molecule has 0 aliphatic rings. The van der Waals surface area contributed by atoms with E-state index < -0.39 is 5.97 Å². The number of hydrogen-bond donors (Lipinski definition) is 2. The fraction of sp³-hybridized carbons (Fsp3) is 0. The number of carboxylic acids is 1. The van der Waals surface area contributed by atoms with Crippen LogP contribution < -0.4 is 5.73 Å². The number of nitrogen functional groups attached to an aromatic ring is 1. The maximum absolute atomic E-state index is 10.1. The van der Waals surface area contributed by atoms with Crippen molar-refractivity contribution in [1.82, 2.24) is 0 Å². The van der Waals surface area contributed by atoms with Crippen molar-refractivity contribution in [2.45, 2.75) is 0 Å². The summed E-state index contributed by atoms with van der Waals surface area (Å²) in [6.07, 6.45) is 0. The maximum Gasteiger partial charge on any atom is 0.382 e. The van der Waals surface area contributed by atoms with Gasteiger partial charge in [0.05, 0.1) is 5.02 Å². The molecule has 0 aliphatic carbocycles. The van der Waals surface area contributed by atoms with Crippen LogP contribution in [0, 0.1) is 11.8 Å². The van der Waals surface area contributed by atoms with E-state index in [4.69, 9.17) is 22.4 Å². The summed E-state index contributed by atoms with van der Waals surface area (Å²) in [5.41, 5.74) is 6.41. The van der Waals surface area contributed by atoms with Crippen LogP contribution in [-0.4, -0.2) is 11.1 Å². The van der Waals surface area contributed by atoms with Crippen LogP contribution in [0.3, 0.4) is 0 Å². The molecule has 1 aromatic carbocycles. The Morgan fingerprint density at radius 3 is 2.77 bits per heavy atom. The molecule has 0 saturated carbocycles. The summed E-state index contributed by atoms with van der Waals surface area (Å²) in [7, 11) is 0. The topological polar surface area (TPSA) is 63.3 Å². The van der Waals surface area contributed by atoms with Gasteiger partial charge in [0.2, 0.25) is 0 Å². The van der Waals surface area contributed by atoms with Gasteiger partial charge in [-0.1, -0.05) is 17.5 Å². The standard InChI is InChI=1S/C9H6ClNO2/c10-8-5-7(11)3-1-6(8)2-4-9(12)13/h1,3,5H,11H2,(H,12,13). The molecule has 0 fully saturated rings. The molecule has 66 valence electrons. The van der Waals surface area contributed by atoms with Crippen LogP contribution in [0.1, 0.15) is 5.56 Å². The first kappa shape index (κ1) is 9.43. The third kappa shape index (κ3) is 2.69. The fourth-order valence-electron chi connectivity index (χ4n) is 0.754. The molecule has 3 N–H and O–H groups in total. The highest BCUT2D eigenvalue weighted by atomic mass is 35.5. The van der Waals surface area contributed by atoms with Gasteiger partial charge >= 0.3 is 5.97 Å². The minimum absolute atomic E-state index is 0.355. The van der Waals surface area contributed by atoms with Crippen LogP contribution >= 0.6 is 11.6 Å². The second-order valence-electron chi connectivity index (χ2n) is 2.29. The summed E-state index contributed by atoms with van der Waals surface area (Å²) in [6, 6.07) is 4.71. The highest BCUT2D eigenvalue weighted by Crippen LogP contribution is 2.17. The Bertz CT molecular complexity index is 404. The van der Waals surface area contributed by atoms with Gasteiger partial charge in [0.1, 0.15) is 0 Å². The SMILES string of the molecule is Nc1ccc(C#CC(=O)O)c(Cl)c1. The monoisotopic (exact) mass is 195 g/mol. The van der Waals surface area contributed by atoms with Crippen molar-refractivity contribution in [1.29, 1.82) is 0 Å². The van der Waals surface area contributed by atoms with E-state index in [2.05, 4.69) is 5.92 Å². The van der Waals surface area contributed by atoms with Crippen LogP contribution in [0.4, 0.5) is 5.69 Å². The maximum atomic E-state index is 10.1. The Balaban J connectivity index is 3.05. The van der Waals surface area contributed by atoms with Crippen LogP contribution in [-0.2, 0) is 4.79 Å². The molecule has 0 atom stereocenters. The molecule has 0 spiro atoms. The first-order chi connectivity index (χ1) is 6.09. The van der Waals surface area contributed by atoms with Gasteiger partial charge in [0, 0.05) is 17.2 Å². The lowest BCUT2D eigenvalue weighted by Crippen LogP contribution is -1.89. The average Bonchev–Trinajstić information content (AvgIpc) is 2.02. The number of aliphatic carboxylic acids is 1. The van der Waals surface area contributed by atoms with Crippen LogP contribution in [0.25, 0.3) is 0 Å². The molecule has 1 rings (SSSR count). The number of rotatable bonds is 0. The molecular formula is C9H6ClNO2. The molecule has 0 amide bonds. The number of halogens is 1. The number of hydrogen-bond acceptors (Lipinski definition) is 2. The van der Waals surface area contributed by atoms with E-state index >= 15 is 0 Å². The predicted octanol–water partition coefficient (Wildman–Crippen LogP) is 1.36. The molecule has 0 unspecified atom stereocenters. The van der Waals surface area contributed by atoms with Crippen molar-refractivity contribution in [2.75, 3.05) is 5.73 Å². The third-order valence-corrected chi connectivity index (χ3v) is 1.61. The van der Waals surface area contributed by atoms with Crippen LogP contribution in [0.15, 0.2) is 18.2 Å². The number of carbonyl (C=O) groups is 1. The second-order valence-corrected chi connectivity index (χ2v) is 2.70. The molecule has 0 heterocycles. The lowest BCUT2D eigenvalue weighted by atomic mass is 10.2. The first-order valence-corrected chi connectivity index (χ1v) is 3.77. The summed E-state index contributed by atoms with van der Waals surface area (Å²) in [6.45, 7) is 0. The Kier molecular flexibility index (Phi) is 2.78. The van der Waals surface area contributed by atoms with E-state index in [1.54, 1.807) is 12.1 Å². The molecule has 0 aliphatic heterocycles. The smallest absolute Gasteiger partial charge is 0.382 e. The molecule has 13 heavy (non-hydrogen) atoms. The van der Waals surface area contributed by atoms with Gasteiger partial charge in [0.15, 0.2) is 0 Å². The molecular weight excluding hydrogens is 190 g/mol. The molecule has 0 aromatic heterocycles. The minimum atomic E-state index is -1.19. The molecule has 0 saturated heterocycles. The minimum Gasteiger partial charge on any atom is -0.472 e. The van der Waals surface area contributed by atoms with Crippen molar-refractivity contribution in [2.24, 2.45) is 0 Å². The van der Waals surface area contributed by atoms with E-state index in [-0.39, 0.29) is 0 Å². The largest absolute Gasteiger partial charge is 0.472 e. The third-order valence-electron chi connectivity index (χ3n) is 1.30. The van der Waals surface area contributed by atoms with Gasteiger partial charge in [-0.3, -0.25) is 0 Å². The highest BCUT2D eigenvalue weighted by Gasteiger charge is 1.96. The van der Waals surface area contributed by atoms with E-state index in [1.165, 1.54) is 6.07 Å². The first-order valence-electron chi connectivity index (χ1n) is 3.39. The molecule has 1 aromatic rings. The average molecular weight is 196 g/mol. The molecule has 3 nitrogen and oxygen atoms in total. The second kappa shape index (κ2) is 3.83. The number of anilines is 1. The van der Waals surface area contributed by atoms with Gasteiger partial charge in [-0.2, -0.15) is 0 Å². The summed E-state index contributed by atoms with van der Waals surface area (Å²) in [4.78, 5) is 10.1. The Labute approximate surface area is 80.1 Å². The zero-order valence-corrected chi connectivity index (χ0v) is 7.30. The van der Waals surface area contributed by atoms with Gasteiger partial charge < -0.3 is 10.8 Å². The lowest BCUT2D eigenvalue weighted by molar-refractivity contribution is -0.130. The van der Waals surface area contributed by atoms with E-state index in [0.717, 1.165) is 0 Å². The van der Waals surface area contributed by atoms with Crippen molar-refractivity contribution in [3.63, 3.8) is 0 Å². The molecule has 4 heteroatoms. The highest BCUT2D eigenvalue weighted by molar-refractivity contribution is 6.32. The van der Waals surface area contributed by atoms with Gasteiger partial charge in [-0.25, -0.2) is 4.79 Å². The van der Waals surface area contributed by atoms with E-state index in [0.29, 0.717) is 16.3 Å². The summed E-state index contributed by atoms with van der Waals surface area (Å²) in [5.74, 6) is 3.18. The van der Waals surface area contributed by atoms with Crippen LogP contribution in [0.2, 0.25) is 5.02 Å². The van der Waals surface area contributed by atoms with E-state index in [9.17, 15) is 4.79 Å². The molecule has 0 radical (unpaired) electrons. The van der Waals surface area contributed by atoms with Crippen molar-refractivity contribution in [3.8, 4) is 11.8 Å². The number of carboxylic acid groups (broad SMARTS) is 1. The predicted molar refractivity (Wildman–Crippen MR) is 50.4 cm³/mol. The van der Waals surface area contributed by atoms with Crippen molar-refractivity contribution >= 4 is 23.3 Å². The summed E-state index contributed by atoms with van der Waals surface area (Å²) < 4.78 is 0. The number of nitrogens with two attached hydrogens (primary N) is 1. The molecule has 0 bridgehead atoms. The van der Waals surface area contributed by atoms with Crippen molar-refractivity contribution in [3.05, 3.63) is 28.8 Å². The van der Waals surface area contributed by atoms with Gasteiger partial charge in [-0.15, -0.1) is 0 Å². The zero-order chi connectivity index (χ0) is 9.84. The Morgan fingerprint density at radius 2 is 2.23 bits per heavy atom. The normalized spacial score (nSPS) is 8.69. The summed E-state index contributed by atoms with van der Waals surface area (Å²) >= 11 is 5.74. The van der Waals surface area contributed by atoms with Gasteiger partial charge in [0.25, 0.3) is 0 Å². The van der Waals surface area contributed by atoms with Gasteiger partial charge in [-0.05, 0) is 18.2 Å². The lowest BCUT2D eigenvalue weighted by Gasteiger charge is -1.96. The summed E-state index contributed by atoms with van der Waals surface area (Å²) in [5, 5.41) is 8.63. The van der Waals surface area contributed by atoms with Crippen LogP contribution in [0.5, 0.6) is 0 Å².